The van der Waals surface area contributed by atoms with Gasteiger partial charge in [-0.25, -0.2) is 0 Å². The molecule has 1 saturated heterocycles. The third-order valence-electron chi connectivity index (χ3n) is 5.31. The van der Waals surface area contributed by atoms with Crippen LogP contribution in [0.15, 0.2) is 83.3 Å². The Morgan fingerprint density at radius 3 is 2.33 bits per heavy atom. The Morgan fingerprint density at radius 1 is 1.00 bits per heavy atom. The molecule has 3 atom stereocenters. The SMILES string of the molecule is O=C1[C@H]([C@H](O)CO)[C@@H](c2ccc(Br)cc2OCc2ccccc2)N1c1ccccc1. The van der Waals surface area contributed by atoms with E-state index in [2.05, 4.69) is 15.9 Å². The number of hydrogen-bond donors (Lipinski definition) is 2. The lowest BCUT2D eigenvalue weighted by molar-refractivity contribution is -0.137. The van der Waals surface area contributed by atoms with Crippen molar-refractivity contribution in [1.29, 1.82) is 0 Å². The predicted molar refractivity (Wildman–Crippen MR) is 118 cm³/mol. The minimum atomic E-state index is -1.15. The van der Waals surface area contributed by atoms with Gasteiger partial charge < -0.3 is 19.8 Å². The van der Waals surface area contributed by atoms with E-state index < -0.39 is 24.7 Å². The molecule has 0 saturated carbocycles. The molecule has 30 heavy (non-hydrogen) atoms. The maximum atomic E-state index is 12.9. The fourth-order valence-corrected chi connectivity index (χ4v) is 4.16. The highest BCUT2D eigenvalue weighted by molar-refractivity contribution is 9.10. The molecule has 0 spiro atoms. The lowest BCUT2D eigenvalue weighted by Gasteiger charge is -2.49. The Balaban J connectivity index is 1.71. The Hall–Kier alpha value is -2.67. The van der Waals surface area contributed by atoms with E-state index in [4.69, 9.17) is 4.74 Å². The summed E-state index contributed by atoms with van der Waals surface area (Å²) in [5.41, 5.74) is 2.56. The van der Waals surface area contributed by atoms with E-state index in [1.807, 2.05) is 78.9 Å². The first-order valence-corrected chi connectivity index (χ1v) is 10.5. The summed E-state index contributed by atoms with van der Waals surface area (Å²) in [5.74, 6) is -0.332. The largest absolute Gasteiger partial charge is 0.489 e. The zero-order chi connectivity index (χ0) is 21.1. The van der Waals surface area contributed by atoms with Crippen LogP contribution >= 0.6 is 15.9 Å². The van der Waals surface area contributed by atoms with Crippen molar-refractivity contribution in [3.63, 3.8) is 0 Å². The summed E-state index contributed by atoms with van der Waals surface area (Å²) in [6.07, 6.45) is -1.15. The number of amides is 1. The Morgan fingerprint density at radius 2 is 1.67 bits per heavy atom. The molecule has 2 N–H and O–H groups in total. The molecule has 0 aliphatic carbocycles. The van der Waals surface area contributed by atoms with Gasteiger partial charge in [0.2, 0.25) is 5.91 Å². The summed E-state index contributed by atoms with van der Waals surface area (Å²) in [5, 5.41) is 19.9. The zero-order valence-electron chi connectivity index (χ0n) is 16.2. The van der Waals surface area contributed by atoms with Gasteiger partial charge in [-0.1, -0.05) is 70.5 Å². The highest BCUT2D eigenvalue weighted by Gasteiger charge is 2.53. The first kappa shape index (κ1) is 20.6. The van der Waals surface area contributed by atoms with Crippen LogP contribution in [-0.4, -0.2) is 28.8 Å². The van der Waals surface area contributed by atoms with E-state index in [-0.39, 0.29) is 5.91 Å². The fourth-order valence-electron chi connectivity index (χ4n) is 3.82. The minimum Gasteiger partial charge on any atom is -0.489 e. The molecule has 6 heteroatoms. The lowest BCUT2D eigenvalue weighted by Crippen LogP contribution is -2.60. The Kier molecular flexibility index (Phi) is 6.18. The minimum absolute atomic E-state index is 0.218. The summed E-state index contributed by atoms with van der Waals surface area (Å²) in [6, 6.07) is 24.4. The van der Waals surface area contributed by atoms with E-state index in [0.717, 1.165) is 21.3 Å². The maximum absolute atomic E-state index is 12.9. The second kappa shape index (κ2) is 9.00. The van der Waals surface area contributed by atoms with Crippen LogP contribution in [0, 0.1) is 5.92 Å². The van der Waals surface area contributed by atoms with Gasteiger partial charge in [0.05, 0.1) is 24.7 Å². The summed E-state index contributed by atoms with van der Waals surface area (Å²) in [6.45, 7) is -0.101. The number of benzene rings is 3. The van der Waals surface area contributed by atoms with Gasteiger partial charge in [-0.2, -0.15) is 0 Å². The van der Waals surface area contributed by atoms with Crippen LogP contribution in [0.25, 0.3) is 0 Å². The molecule has 0 unspecified atom stereocenters. The summed E-state index contributed by atoms with van der Waals surface area (Å²) in [7, 11) is 0. The van der Waals surface area contributed by atoms with Crippen LogP contribution in [0.1, 0.15) is 17.2 Å². The van der Waals surface area contributed by atoms with Crippen molar-refractivity contribution in [2.45, 2.75) is 18.8 Å². The molecule has 0 bridgehead atoms. The third kappa shape index (κ3) is 3.99. The first-order chi connectivity index (χ1) is 14.6. The molecule has 1 aliphatic heterocycles. The maximum Gasteiger partial charge on any atom is 0.235 e. The second-order valence-corrected chi connectivity index (χ2v) is 8.14. The van der Waals surface area contributed by atoms with Crippen molar-refractivity contribution in [3.05, 3.63) is 94.5 Å². The van der Waals surface area contributed by atoms with E-state index in [1.54, 1.807) is 4.90 Å². The van der Waals surface area contributed by atoms with E-state index >= 15 is 0 Å². The monoisotopic (exact) mass is 467 g/mol. The van der Waals surface area contributed by atoms with Crippen LogP contribution in [0.5, 0.6) is 5.75 Å². The van der Waals surface area contributed by atoms with Gasteiger partial charge in [-0.05, 0) is 29.8 Å². The van der Waals surface area contributed by atoms with Crippen molar-refractivity contribution in [1.82, 2.24) is 0 Å². The van der Waals surface area contributed by atoms with E-state index in [0.29, 0.717) is 12.4 Å². The van der Waals surface area contributed by atoms with Crippen LogP contribution in [-0.2, 0) is 11.4 Å². The number of β-lactam (4-membered cyclic amide) rings is 1. The summed E-state index contributed by atoms with van der Waals surface area (Å²) in [4.78, 5) is 14.6. The first-order valence-electron chi connectivity index (χ1n) is 9.73. The number of aliphatic hydroxyl groups is 2. The average molecular weight is 468 g/mol. The van der Waals surface area contributed by atoms with Gasteiger partial charge in [-0.3, -0.25) is 4.79 Å². The molecule has 1 amide bonds. The zero-order valence-corrected chi connectivity index (χ0v) is 17.8. The van der Waals surface area contributed by atoms with Crippen molar-refractivity contribution in [3.8, 4) is 5.75 Å². The summed E-state index contributed by atoms with van der Waals surface area (Å²) < 4.78 is 6.98. The number of hydrogen-bond acceptors (Lipinski definition) is 4. The van der Waals surface area contributed by atoms with Crippen LogP contribution in [0.4, 0.5) is 5.69 Å². The number of aliphatic hydroxyl groups excluding tert-OH is 2. The highest BCUT2D eigenvalue weighted by Crippen LogP contribution is 2.48. The fraction of sp³-hybridized carbons (Fsp3) is 0.208. The highest BCUT2D eigenvalue weighted by atomic mass is 79.9. The molecule has 5 nitrogen and oxygen atoms in total. The molecule has 3 aromatic rings. The number of para-hydroxylation sites is 1. The second-order valence-electron chi connectivity index (χ2n) is 7.22. The summed E-state index contributed by atoms with van der Waals surface area (Å²) >= 11 is 3.49. The number of halogens is 1. The normalized spacial score (nSPS) is 19.3. The van der Waals surface area contributed by atoms with Gasteiger partial charge in [-0.15, -0.1) is 0 Å². The number of nitrogens with zero attached hydrogens (tertiary/aromatic N) is 1. The van der Waals surface area contributed by atoms with Gasteiger partial charge >= 0.3 is 0 Å². The number of ether oxygens (including phenoxy) is 1. The average Bonchev–Trinajstić information content (AvgIpc) is 2.78. The predicted octanol–water partition coefficient (Wildman–Crippen LogP) is 4.09. The molecule has 0 radical (unpaired) electrons. The molecule has 1 heterocycles. The molecule has 0 aromatic heterocycles. The molecule has 154 valence electrons. The third-order valence-corrected chi connectivity index (χ3v) is 5.80. The van der Waals surface area contributed by atoms with Crippen LogP contribution in [0.2, 0.25) is 0 Å². The molecular weight excluding hydrogens is 446 g/mol. The van der Waals surface area contributed by atoms with Gasteiger partial charge in [0, 0.05) is 15.7 Å². The molecular formula is C24H22BrNO4. The van der Waals surface area contributed by atoms with Gasteiger partial charge in [0.15, 0.2) is 0 Å². The molecule has 1 fully saturated rings. The van der Waals surface area contributed by atoms with Crippen molar-refractivity contribution in [2.24, 2.45) is 5.92 Å². The van der Waals surface area contributed by atoms with Gasteiger partial charge in [0.1, 0.15) is 12.4 Å². The smallest absolute Gasteiger partial charge is 0.235 e. The topological polar surface area (TPSA) is 70.0 Å². The number of carbonyl (C=O) groups excluding carboxylic acids is 1. The Labute approximate surface area is 183 Å². The number of carbonyl (C=O) groups is 1. The number of rotatable bonds is 7. The molecule has 3 aromatic carbocycles. The molecule has 4 rings (SSSR count). The van der Waals surface area contributed by atoms with Gasteiger partial charge in [0.25, 0.3) is 0 Å². The quantitative estimate of drug-likeness (QED) is 0.513. The van der Waals surface area contributed by atoms with Crippen molar-refractivity contribution in [2.75, 3.05) is 11.5 Å². The molecule has 1 aliphatic rings. The van der Waals surface area contributed by atoms with E-state index in [1.165, 1.54) is 0 Å². The van der Waals surface area contributed by atoms with Crippen molar-refractivity contribution < 1.29 is 19.7 Å². The lowest BCUT2D eigenvalue weighted by atomic mass is 9.78. The standard InChI is InChI=1S/C24H22BrNO4/c25-17-11-12-19(21(13-17)30-15-16-7-3-1-4-8-16)23-22(20(28)14-27)24(29)26(23)18-9-5-2-6-10-18/h1-13,20,22-23,27-28H,14-15H2/t20-,22-,23-/m1/s1. The van der Waals surface area contributed by atoms with Crippen molar-refractivity contribution >= 4 is 27.5 Å². The van der Waals surface area contributed by atoms with Crippen LogP contribution < -0.4 is 9.64 Å². The number of anilines is 1. The van der Waals surface area contributed by atoms with E-state index in [9.17, 15) is 15.0 Å². The Bertz CT molecular complexity index is 1010. The van der Waals surface area contributed by atoms with Crippen LogP contribution in [0.3, 0.4) is 0 Å².